The smallest absolute Gasteiger partial charge is 0.329 e. The Morgan fingerprint density at radius 3 is 2.64 bits per heavy atom. The molecule has 0 heterocycles. The lowest BCUT2D eigenvalue weighted by Crippen LogP contribution is -2.19. The summed E-state index contributed by atoms with van der Waals surface area (Å²) in [5.41, 5.74) is 0.889. The van der Waals surface area contributed by atoms with Gasteiger partial charge in [0, 0.05) is 12.0 Å². The quantitative estimate of drug-likeness (QED) is 0.583. The molecule has 0 saturated carbocycles. The SMILES string of the molecule is O=C(O)C(CS)N=Cc1ccccc1. The van der Waals surface area contributed by atoms with Crippen LogP contribution >= 0.6 is 12.6 Å². The third kappa shape index (κ3) is 3.22. The van der Waals surface area contributed by atoms with Crippen molar-refractivity contribution in [1.82, 2.24) is 0 Å². The molecule has 0 aromatic heterocycles. The Morgan fingerprint density at radius 1 is 1.50 bits per heavy atom. The molecule has 0 aliphatic heterocycles. The first-order valence-electron chi connectivity index (χ1n) is 4.16. The summed E-state index contributed by atoms with van der Waals surface area (Å²) in [6.07, 6.45) is 1.55. The van der Waals surface area contributed by atoms with Crippen molar-refractivity contribution in [3.05, 3.63) is 35.9 Å². The van der Waals surface area contributed by atoms with Crippen LogP contribution in [0.1, 0.15) is 5.56 Å². The van der Waals surface area contributed by atoms with E-state index in [1.165, 1.54) is 0 Å². The molecule has 0 saturated heterocycles. The van der Waals surface area contributed by atoms with E-state index in [4.69, 9.17) is 5.11 Å². The molecule has 1 unspecified atom stereocenters. The number of hydrogen-bond acceptors (Lipinski definition) is 3. The normalized spacial score (nSPS) is 12.9. The molecule has 0 radical (unpaired) electrons. The number of aliphatic carboxylic acids is 1. The molecule has 74 valence electrons. The second kappa shape index (κ2) is 5.44. The molecule has 1 atom stereocenters. The van der Waals surface area contributed by atoms with Crippen molar-refractivity contribution < 1.29 is 9.90 Å². The van der Waals surface area contributed by atoms with Gasteiger partial charge >= 0.3 is 5.97 Å². The maximum absolute atomic E-state index is 10.6. The number of carbonyl (C=O) groups is 1. The first kappa shape index (κ1) is 10.8. The lowest BCUT2D eigenvalue weighted by atomic mass is 10.2. The number of aliphatic imine (C=N–C) groups is 1. The molecule has 0 fully saturated rings. The Bertz CT molecular complexity index is 324. The zero-order chi connectivity index (χ0) is 10.4. The van der Waals surface area contributed by atoms with E-state index < -0.39 is 12.0 Å². The first-order chi connectivity index (χ1) is 6.74. The van der Waals surface area contributed by atoms with Crippen LogP contribution in [0.3, 0.4) is 0 Å². The molecule has 14 heavy (non-hydrogen) atoms. The second-order valence-electron chi connectivity index (χ2n) is 2.73. The van der Waals surface area contributed by atoms with Gasteiger partial charge in [0.25, 0.3) is 0 Å². The fourth-order valence-corrected chi connectivity index (χ4v) is 1.15. The molecule has 1 rings (SSSR count). The van der Waals surface area contributed by atoms with Crippen molar-refractivity contribution in [2.75, 3.05) is 5.75 Å². The molecule has 0 spiro atoms. The Hall–Kier alpha value is -1.29. The summed E-state index contributed by atoms with van der Waals surface area (Å²) in [6, 6.07) is 8.60. The maximum atomic E-state index is 10.6. The van der Waals surface area contributed by atoms with Crippen LogP contribution in [0, 0.1) is 0 Å². The molecule has 1 N–H and O–H groups in total. The van der Waals surface area contributed by atoms with Gasteiger partial charge in [-0.3, -0.25) is 4.99 Å². The minimum absolute atomic E-state index is 0.207. The predicted molar refractivity (Wildman–Crippen MR) is 59.3 cm³/mol. The lowest BCUT2D eigenvalue weighted by Gasteiger charge is -2.01. The number of carboxylic acids is 1. The standard InChI is InChI=1S/C10H11NO2S/c12-10(13)9(7-14)11-6-8-4-2-1-3-5-8/h1-6,9,14H,7H2,(H,12,13). The van der Waals surface area contributed by atoms with Crippen molar-refractivity contribution in [2.45, 2.75) is 6.04 Å². The van der Waals surface area contributed by atoms with E-state index in [-0.39, 0.29) is 5.75 Å². The first-order valence-corrected chi connectivity index (χ1v) is 4.79. The Balaban J connectivity index is 2.67. The van der Waals surface area contributed by atoms with Crippen LogP contribution in [0.4, 0.5) is 0 Å². The van der Waals surface area contributed by atoms with E-state index >= 15 is 0 Å². The fourth-order valence-electron chi connectivity index (χ4n) is 0.904. The van der Waals surface area contributed by atoms with E-state index in [2.05, 4.69) is 17.6 Å². The van der Waals surface area contributed by atoms with E-state index in [0.717, 1.165) is 5.56 Å². The number of rotatable bonds is 4. The number of thiol groups is 1. The Labute approximate surface area is 87.9 Å². The topological polar surface area (TPSA) is 49.7 Å². The number of benzene rings is 1. The third-order valence-corrected chi connectivity index (χ3v) is 2.01. The average molecular weight is 209 g/mol. The Morgan fingerprint density at radius 2 is 2.14 bits per heavy atom. The van der Waals surface area contributed by atoms with Crippen LogP contribution in [0.15, 0.2) is 35.3 Å². The lowest BCUT2D eigenvalue weighted by molar-refractivity contribution is -0.137. The van der Waals surface area contributed by atoms with Crippen LogP contribution < -0.4 is 0 Å². The van der Waals surface area contributed by atoms with E-state index in [9.17, 15) is 4.79 Å². The van der Waals surface area contributed by atoms with Gasteiger partial charge in [-0.25, -0.2) is 4.79 Å². The maximum Gasteiger partial charge on any atom is 0.329 e. The molecule has 0 aliphatic carbocycles. The van der Waals surface area contributed by atoms with Gasteiger partial charge in [0.15, 0.2) is 6.04 Å². The van der Waals surface area contributed by atoms with Crippen LogP contribution in [-0.4, -0.2) is 29.1 Å². The zero-order valence-electron chi connectivity index (χ0n) is 7.50. The summed E-state index contributed by atoms with van der Waals surface area (Å²) in [5, 5.41) is 8.69. The minimum atomic E-state index is -0.952. The highest BCUT2D eigenvalue weighted by Gasteiger charge is 2.11. The van der Waals surface area contributed by atoms with Gasteiger partial charge < -0.3 is 5.11 Å². The predicted octanol–water partition coefficient (Wildman–Crippen LogP) is 1.49. The molecule has 1 aromatic rings. The molecule has 4 heteroatoms. The molecule has 0 aliphatic rings. The van der Waals surface area contributed by atoms with Crippen LogP contribution in [-0.2, 0) is 4.79 Å². The van der Waals surface area contributed by atoms with Gasteiger partial charge in [0.05, 0.1) is 0 Å². The molecular formula is C10H11NO2S. The fraction of sp³-hybridized carbons (Fsp3) is 0.200. The van der Waals surface area contributed by atoms with Crippen LogP contribution in [0.2, 0.25) is 0 Å². The Kier molecular flexibility index (Phi) is 4.19. The molecule has 0 amide bonds. The number of hydrogen-bond donors (Lipinski definition) is 2. The largest absolute Gasteiger partial charge is 0.480 e. The summed E-state index contributed by atoms with van der Waals surface area (Å²) in [7, 11) is 0. The van der Waals surface area contributed by atoms with E-state index in [0.29, 0.717) is 0 Å². The highest BCUT2D eigenvalue weighted by atomic mass is 32.1. The summed E-state index contributed by atoms with van der Waals surface area (Å²) in [6.45, 7) is 0. The molecular weight excluding hydrogens is 198 g/mol. The van der Waals surface area contributed by atoms with Crippen LogP contribution in [0.25, 0.3) is 0 Å². The minimum Gasteiger partial charge on any atom is -0.480 e. The summed E-state index contributed by atoms with van der Waals surface area (Å²) < 4.78 is 0. The van der Waals surface area contributed by atoms with Gasteiger partial charge in [-0.15, -0.1) is 0 Å². The van der Waals surface area contributed by atoms with Gasteiger partial charge in [-0.1, -0.05) is 30.3 Å². The third-order valence-electron chi connectivity index (χ3n) is 1.66. The molecule has 3 nitrogen and oxygen atoms in total. The van der Waals surface area contributed by atoms with Crippen LogP contribution in [0.5, 0.6) is 0 Å². The highest BCUT2D eigenvalue weighted by molar-refractivity contribution is 7.80. The molecule has 1 aromatic carbocycles. The summed E-state index contributed by atoms with van der Waals surface area (Å²) in [4.78, 5) is 14.5. The van der Waals surface area contributed by atoms with Gasteiger partial charge in [-0.2, -0.15) is 12.6 Å². The van der Waals surface area contributed by atoms with Crippen molar-refractivity contribution in [3.8, 4) is 0 Å². The summed E-state index contributed by atoms with van der Waals surface area (Å²) >= 11 is 3.91. The summed E-state index contributed by atoms with van der Waals surface area (Å²) in [5.74, 6) is -0.745. The van der Waals surface area contributed by atoms with Crippen molar-refractivity contribution in [2.24, 2.45) is 4.99 Å². The zero-order valence-corrected chi connectivity index (χ0v) is 8.39. The highest BCUT2D eigenvalue weighted by Crippen LogP contribution is 1.98. The average Bonchev–Trinajstić information content (AvgIpc) is 2.20. The monoisotopic (exact) mass is 209 g/mol. The van der Waals surface area contributed by atoms with E-state index in [1.807, 2.05) is 30.3 Å². The number of nitrogens with zero attached hydrogens (tertiary/aromatic N) is 1. The van der Waals surface area contributed by atoms with Gasteiger partial charge in [-0.05, 0) is 5.56 Å². The number of carboxylic acid groups (broad SMARTS) is 1. The van der Waals surface area contributed by atoms with Crippen molar-refractivity contribution >= 4 is 24.8 Å². The van der Waals surface area contributed by atoms with Gasteiger partial charge in [0.2, 0.25) is 0 Å². The van der Waals surface area contributed by atoms with Crippen molar-refractivity contribution in [3.63, 3.8) is 0 Å². The molecule has 0 bridgehead atoms. The second-order valence-corrected chi connectivity index (χ2v) is 3.09. The van der Waals surface area contributed by atoms with E-state index in [1.54, 1.807) is 6.21 Å². The van der Waals surface area contributed by atoms with Crippen molar-refractivity contribution in [1.29, 1.82) is 0 Å². The van der Waals surface area contributed by atoms with Gasteiger partial charge in [0.1, 0.15) is 0 Å².